The number of halogens is 1. The summed E-state index contributed by atoms with van der Waals surface area (Å²) in [7, 11) is 0. The number of hydrogen-bond acceptors (Lipinski definition) is 3. The molecule has 16 heavy (non-hydrogen) atoms. The molecule has 0 spiro atoms. The van der Waals surface area contributed by atoms with Crippen LogP contribution in [0.5, 0.6) is 0 Å². The van der Waals surface area contributed by atoms with E-state index in [9.17, 15) is 4.79 Å². The molecule has 2 rings (SSSR count). The van der Waals surface area contributed by atoms with Gasteiger partial charge in [0.2, 0.25) is 0 Å². The van der Waals surface area contributed by atoms with Crippen molar-refractivity contribution in [2.24, 2.45) is 0 Å². The molecule has 1 amide bonds. The minimum atomic E-state index is -0.854. The van der Waals surface area contributed by atoms with Crippen molar-refractivity contribution in [1.29, 1.82) is 0 Å². The normalized spacial score (nSPS) is 19.8. The highest BCUT2D eigenvalue weighted by atomic mass is 79.9. The van der Waals surface area contributed by atoms with Crippen molar-refractivity contribution in [1.82, 2.24) is 9.88 Å². The van der Waals surface area contributed by atoms with E-state index in [-0.39, 0.29) is 6.04 Å². The summed E-state index contributed by atoms with van der Waals surface area (Å²) < 4.78 is 0.927. The summed E-state index contributed by atoms with van der Waals surface area (Å²) in [5, 5.41) is 12.0. The second-order valence-electron chi connectivity index (χ2n) is 3.72. The molecular formula is C10H12BrN3O2. The molecule has 6 heteroatoms. The number of carbonyl (C=O) groups is 1. The van der Waals surface area contributed by atoms with Gasteiger partial charge in [0.25, 0.3) is 0 Å². The molecule has 2 heterocycles. The first-order chi connectivity index (χ1) is 7.65. The van der Waals surface area contributed by atoms with Crippen LogP contribution in [0.1, 0.15) is 6.42 Å². The number of nitrogens with zero attached hydrogens (tertiary/aromatic N) is 2. The highest BCUT2D eigenvalue weighted by Crippen LogP contribution is 2.16. The fourth-order valence-electron chi connectivity index (χ4n) is 1.72. The second kappa shape index (κ2) is 4.69. The lowest BCUT2D eigenvalue weighted by Gasteiger charge is -2.14. The lowest BCUT2D eigenvalue weighted by Crippen LogP contribution is -2.30. The van der Waals surface area contributed by atoms with Gasteiger partial charge in [-0.2, -0.15) is 0 Å². The molecular weight excluding hydrogens is 274 g/mol. The SMILES string of the molecule is O=C(O)N1CCC(Nc2ccc(Br)cn2)C1. The summed E-state index contributed by atoms with van der Waals surface area (Å²) in [6, 6.07) is 3.93. The minimum Gasteiger partial charge on any atom is -0.465 e. The lowest BCUT2D eigenvalue weighted by molar-refractivity contribution is 0.155. The third-order valence-electron chi connectivity index (χ3n) is 2.54. The number of likely N-dealkylation sites (tertiary alicyclic amines) is 1. The smallest absolute Gasteiger partial charge is 0.407 e. The van der Waals surface area contributed by atoms with E-state index >= 15 is 0 Å². The van der Waals surface area contributed by atoms with Crippen molar-refractivity contribution in [2.45, 2.75) is 12.5 Å². The number of carboxylic acid groups (broad SMARTS) is 1. The first-order valence-corrected chi connectivity index (χ1v) is 5.80. The Morgan fingerprint density at radius 1 is 1.62 bits per heavy atom. The Labute approximate surface area is 102 Å². The summed E-state index contributed by atoms with van der Waals surface area (Å²) in [6.45, 7) is 1.11. The molecule has 86 valence electrons. The molecule has 1 aromatic heterocycles. The number of anilines is 1. The van der Waals surface area contributed by atoms with E-state index in [2.05, 4.69) is 26.2 Å². The molecule has 1 aliphatic rings. The van der Waals surface area contributed by atoms with Crippen molar-refractivity contribution in [3.05, 3.63) is 22.8 Å². The zero-order valence-electron chi connectivity index (χ0n) is 8.56. The van der Waals surface area contributed by atoms with Crippen molar-refractivity contribution in [2.75, 3.05) is 18.4 Å². The Hall–Kier alpha value is -1.30. The van der Waals surface area contributed by atoms with Gasteiger partial charge >= 0.3 is 6.09 Å². The van der Waals surface area contributed by atoms with Crippen molar-refractivity contribution in [3.8, 4) is 0 Å². The van der Waals surface area contributed by atoms with E-state index in [4.69, 9.17) is 5.11 Å². The Morgan fingerprint density at radius 3 is 3.00 bits per heavy atom. The summed E-state index contributed by atoms with van der Waals surface area (Å²) >= 11 is 3.31. The molecule has 1 fully saturated rings. The molecule has 1 unspecified atom stereocenters. The maximum Gasteiger partial charge on any atom is 0.407 e. The van der Waals surface area contributed by atoms with Crippen LogP contribution in [-0.4, -0.2) is 40.2 Å². The number of hydrogen-bond donors (Lipinski definition) is 2. The first-order valence-electron chi connectivity index (χ1n) is 5.01. The second-order valence-corrected chi connectivity index (χ2v) is 4.64. The van der Waals surface area contributed by atoms with Crippen LogP contribution in [0.2, 0.25) is 0 Å². The predicted octanol–water partition coefficient (Wildman–Crippen LogP) is 2.01. The summed E-state index contributed by atoms with van der Waals surface area (Å²) in [6.07, 6.45) is 1.68. The Kier molecular flexibility index (Phi) is 3.28. The van der Waals surface area contributed by atoms with Crippen LogP contribution in [0.15, 0.2) is 22.8 Å². The minimum absolute atomic E-state index is 0.157. The van der Waals surface area contributed by atoms with E-state index in [0.717, 1.165) is 16.7 Å². The van der Waals surface area contributed by atoms with Gasteiger partial charge in [0.05, 0.1) is 0 Å². The zero-order chi connectivity index (χ0) is 11.5. The highest BCUT2D eigenvalue weighted by molar-refractivity contribution is 9.10. The Balaban J connectivity index is 1.92. The van der Waals surface area contributed by atoms with E-state index in [1.54, 1.807) is 6.20 Å². The molecule has 0 aromatic carbocycles. The largest absolute Gasteiger partial charge is 0.465 e. The fraction of sp³-hybridized carbons (Fsp3) is 0.400. The number of aromatic nitrogens is 1. The van der Waals surface area contributed by atoms with E-state index in [1.165, 1.54) is 4.90 Å². The first kappa shape index (κ1) is 11.2. The van der Waals surface area contributed by atoms with Gasteiger partial charge in [-0.05, 0) is 34.5 Å². The van der Waals surface area contributed by atoms with Crippen molar-refractivity contribution >= 4 is 27.8 Å². The lowest BCUT2D eigenvalue weighted by atomic mass is 10.2. The molecule has 0 radical (unpaired) electrons. The third-order valence-corrected chi connectivity index (χ3v) is 3.01. The van der Waals surface area contributed by atoms with Crippen LogP contribution in [0.4, 0.5) is 10.6 Å². The van der Waals surface area contributed by atoms with Gasteiger partial charge in [0.1, 0.15) is 5.82 Å². The average Bonchev–Trinajstić information content (AvgIpc) is 2.70. The zero-order valence-corrected chi connectivity index (χ0v) is 10.1. The topological polar surface area (TPSA) is 65.5 Å². The molecule has 5 nitrogen and oxygen atoms in total. The van der Waals surface area contributed by atoms with Crippen LogP contribution in [0.25, 0.3) is 0 Å². The van der Waals surface area contributed by atoms with Crippen molar-refractivity contribution < 1.29 is 9.90 Å². The van der Waals surface area contributed by atoms with E-state index < -0.39 is 6.09 Å². The van der Waals surface area contributed by atoms with Gasteiger partial charge in [-0.15, -0.1) is 0 Å². The van der Waals surface area contributed by atoms with Crippen molar-refractivity contribution in [3.63, 3.8) is 0 Å². The maximum atomic E-state index is 10.7. The summed E-state index contributed by atoms with van der Waals surface area (Å²) in [4.78, 5) is 16.3. The average molecular weight is 286 g/mol. The molecule has 1 saturated heterocycles. The number of nitrogens with one attached hydrogen (secondary N) is 1. The molecule has 1 atom stereocenters. The van der Waals surface area contributed by atoms with Crippen LogP contribution >= 0.6 is 15.9 Å². The standard InChI is InChI=1S/C10H12BrN3O2/c11-7-1-2-9(12-5-7)13-8-3-4-14(6-8)10(15)16/h1-2,5,8H,3-4,6H2,(H,12,13)(H,15,16). The van der Waals surface area contributed by atoms with Crippen LogP contribution in [-0.2, 0) is 0 Å². The van der Waals surface area contributed by atoms with Crippen LogP contribution in [0.3, 0.4) is 0 Å². The van der Waals surface area contributed by atoms with Crippen LogP contribution in [0, 0.1) is 0 Å². The summed E-state index contributed by atoms with van der Waals surface area (Å²) in [5.41, 5.74) is 0. The van der Waals surface area contributed by atoms with E-state index in [0.29, 0.717) is 13.1 Å². The molecule has 0 bridgehead atoms. The summed E-state index contributed by atoms with van der Waals surface area (Å²) in [5.74, 6) is 0.778. The fourth-order valence-corrected chi connectivity index (χ4v) is 1.96. The number of pyridine rings is 1. The van der Waals surface area contributed by atoms with E-state index in [1.807, 2.05) is 12.1 Å². The van der Waals surface area contributed by atoms with Crippen LogP contribution < -0.4 is 5.32 Å². The molecule has 0 saturated carbocycles. The highest BCUT2D eigenvalue weighted by Gasteiger charge is 2.25. The van der Waals surface area contributed by atoms with Gasteiger partial charge in [-0.3, -0.25) is 0 Å². The number of amides is 1. The maximum absolute atomic E-state index is 10.7. The molecule has 2 N–H and O–H groups in total. The number of rotatable bonds is 2. The van der Waals surface area contributed by atoms with Gasteiger partial charge < -0.3 is 15.3 Å². The van der Waals surface area contributed by atoms with Gasteiger partial charge in [0, 0.05) is 29.8 Å². The Morgan fingerprint density at radius 2 is 2.44 bits per heavy atom. The quantitative estimate of drug-likeness (QED) is 0.872. The predicted molar refractivity (Wildman–Crippen MR) is 63.6 cm³/mol. The van der Waals surface area contributed by atoms with Gasteiger partial charge in [-0.25, -0.2) is 9.78 Å². The molecule has 1 aromatic rings. The van der Waals surface area contributed by atoms with Gasteiger partial charge in [-0.1, -0.05) is 0 Å². The van der Waals surface area contributed by atoms with Gasteiger partial charge in [0.15, 0.2) is 0 Å². The monoisotopic (exact) mass is 285 g/mol. The Bertz CT molecular complexity index is 382. The molecule has 0 aliphatic carbocycles. The molecule has 1 aliphatic heterocycles. The third kappa shape index (κ3) is 2.63.